The van der Waals surface area contributed by atoms with E-state index in [1.807, 2.05) is 30.3 Å². The molecule has 0 aliphatic rings. The van der Waals surface area contributed by atoms with Gasteiger partial charge >= 0.3 is 0 Å². The molecule has 26 heavy (non-hydrogen) atoms. The summed E-state index contributed by atoms with van der Waals surface area (Å²) in [6, 6.07) is 10.6. The number of nitriles is 1. The number of Topliss-reactive ketones (excluding diaryl/α,β-unsaturated/α-hetero) is 1. The Morgan fingerprint density at radius 2 is 2.04 bits per heavy atom. The average Bonchev–Trinajstić information content (AvgIpc) is 2.93. The minimum absolute atomic E-state index is 0.0497. The van der Waals surface area contributed by atoms with E-state index in [9.17, 15) is 10.1 Å². The molecule has 0 amide bonds. The van der Waals surface area contributed by atoms with Crippen molar-refractivity contribution in [3.05, 3.63) is 41.9 Å². The lowest BCUT2D eigenvalue weighted by Crippen LogP contribution is -2.22. The fraction of sp³-hybridized carbons (Fsp3) is 0.421. The van der Waals surface area contributed by atoms with Gasteiger partial charge in [0.05, 0.1) is 11.0 Å². The SMILES string of the molecule is CN(C)/C=C(\C#N)C(=O)c1nc2ccccc2n1COCC[Si](C)(C)C. The van der Waals surface area contributed by atoms with Gasteiger partial charge in [-0.15, -0.1) is 0 Å². The molecule has 0 saturated heterocycles. The smallest absolute Gasteiger partial charge is 0.240 e. The number of hydrogen-bond acceptors (Lipinski definition) is 5. The summed E-state index contributed by atoms with van der Waals surface area (Å²) in [5.41, 5.74) is 1.59. The van der Waals surface area contributed by atoms with Gasteiger partial charge in [0.25, 0.3) is 0 Å². The van der Waals surface area contributed by atoms with E-state index < -0.39 is 13.9 Å². The molecule has 6 nitrogen and oxygen atoms in total. The normalized spacial score (nSPS) is 12.2. The van der Waals surface area contributed by atoms with Crippen LogP contribution in [-0.2, 0) is 11.5 Å². The zero-order valence-electron chi connectivity index (χ0n) is 16.1. The summed E-state index contributed by atoms with van der Waals surface area (Å²) in [4.78, 5) is 19.0. The second kappa shape index (κ2) is 8.30. The maximum atomic E-state index is 12.8. The molecule has 0 radical (unpaired) electrons. The fourth-order valence-electron chi connectivity index (χ4n) is 2.43. The van der Waals surface area contributed by atoms with Crippen LogP contribution in [0.1, 0.15) is 10.6 Å². The molecule has 2 aromatic rings. The number of para-hydroxylation sites is 2. The van der Waals surface area contributed by atoms with E-state index in [0.29, 0.717) is 12.1 Å². The fourth-order valence-corrected chi connectivity index (χ4v) is 3.19. The lowest BCUT2D eigenvalue weighted by Gasteiger charge is -2.16. The molecule has 0 unspecified atom stereocenters. The van der Waals surface area contributed by atoms with Crippen molar-refractivity contribution >= 4 is 24.9 Å². The first kappa shape index (κ1) is 19.9. The van der Waals surface area contributed by atoms with Crippen molar-refractivity contribution in [3.8, 4) is 6.07 Å². The lowest BCUT2D eigenvalue weighted by atomic mass is 10.2. The molecule has 0 bridgehead atoms. The number of allylic oxidation sites excluding steroid dienone is 1. The number of carbonyl (C=O) groups excluding carboxylic acids is 1. The number of ketones is 1. The molecule has 0 aliphatic carbocycles. The van der Waals surface area contributed by atoms with Gasteiger partial charge in [0, 0.05) is 35.0 Å². The number of rotatable bonds is 8. The maximum Gasteiger partial charge on any atom is 0.240 e. The summed E-state index contributed by atoms with van der Waals surface area (Å²) in [5.74, 6) is -0.167. The first-order valence-corrected chi connectivity index (χ1v) is 12.3. The van der Waals surface area contributed by atoms with Gasteiger partial charge in [-0.1, -0.05) is 31.8 Å². The second-order valence-corrected chi connectivity index (χ2v) is 13.3. The number of hydrogen-bond donors (Lipinski definition) is 0. The number of nitrogens with zero attached hydrogens (tertiary/aromatic N) is 4. The monoisotopic (exact) mass is 370 g/mol. The maximum absolute atomic E-state index is 12.8. The van der Waals surface area contributed by atoms with Gasteiger partial charge in [0.15, 0.2) is 5.82 Å². The third-order valence-electron chi connectivity index (χ3n) is 3.83. The largest absolute Gasteiger partial charge is 0.382 e. The molecule has 0 fully saturated rings. The molecule has 1 aromatic heterocycles. The first-order chi connectivity index (χ1) is 12.2. The van der Waals surface area contributed by atoms with Crippen LogP contribution in [0.15, 0.2) is 36.0 Å². The summed E-state index contributed by atoms with van der Waals surface area (Å²) < 4.78 is 7.59. The number of imidazole rings is 1. The van der Waals surface area contributed by atoms with Gasteiger partial charge in [-0.3, -0.25) is 9.36 Å². The van der Waals surface area contributed by atoms with Crippen LogP contribution in [0.25, 0.3) is 11.0 Å². The Morgan fingerprint density at radius 1 is 1.35 bits per heavy atom. The zero-order chi connectivity index (χ0) is 19.3. The topological polar surface area (TPSA) is 71.2 Å². The van der Waals surface area contributed by atoms with Gasteiger partial charge in [-0.05, 0) is 18.2 Å². The Kier molecular flexibility index (Phi) is 6.35. The second-order valence-electron chi connectivity index (χ2n) is 7.65. The van der Waals surface area contributed by atoms with Gasteiger partial charge in [-0.25, -0.2) is 4.98 Å². The van der Waals surface area contributed by atoms with Crippen LogP contribution in [0.5, 0.6) is 0 Å². The van der Waals surface area contributed by atoms with E-state index in [2.05, 4.69) is 24.6 Å². The Balaban J connectivity index is 2.34. The van der Waals surface area contributed by atoms with E-state index in [1.165, 1.54) is 6.20 Å². The highest BCUT2D eigenvalue weighted by Gasteiger charge is 2.21. The standard InChI is InChI=1S/C19H26N4O2Si/c1-22(2)13-15(12-20)18(24)19-21-16-8-6-7-9-17(16)23(19)14-25-10-11-26(3,4)5/h6-9,13H,10-11,14H2,1-5H3/b15-13+. The van der Waals surface area contributed by atoms with Gasteiger partial charge in [-0.2, -0.15) is 5.26 Å². The summed E-state index contributed by atoms with van der Waals surface area (Å²) >= 11 is 0. The van der Waals surface area contributed by atoms with Gasteiger partial charge in [0.1, 0.15) is 18.4 Å². The quantitative estimate of drug-likeness (QED) is 0.234. The van der Waals surface area contributed by atoms with Crippen molar-refractivity contribution in [1.29, 1.82) is 5.26 Å². The Bertz CT molecular complexity index is 857. The Hall–Kier alpha value is -2.43. The summed E-state index contributed by atoms with van der Waals surface area (Å²) in [7, 11) is 2.36. The number of aromatic nitrogens is 2. The van der Waals surface area contributed by atoms with Crippen LogP contribution in [-0.4, -0.2) is 49.0 Å². The molecule has 1 aromatic carbocycles. The Morgan fingerprint density at radius 3 is 2.65 bits per heavy atom. The third kappa shape index (κ3) is 5.03. The van der Waals surface area contributed by atoms with E-state index in [-0.39, 0.29) is 18.1 Å². The van der Waals surface area contributed by atoms with Crippen molar-refractivity contribution in [1.82, 2.24) is 14.5 Å². The third-order valence-corrected chi connectivity index (χ3v) is 5.53. The van der Waals surface area contributed by atoms with Crippen molar-refractivity contribution in [3.63, 3.8) is 0 Å². The first-order valence-electron chi connectivity index (χ1n) is 8.59. The number of fused-ring (bicyclic) bond motifs is 1. The predicted molar refractivity (Wildman–Crippen MR) is 106 cm³/mol. The zero-order valence-corrected chi connectivity index (χ0v) is 17.1. The van der Waals surface area contributed by atoms with Crippen molar-refractivity contribution in [2.45, 2.75) is 32.4 Å². The van der Waals surface area contributed by atoms with Crippen molar-refractivity contribution in [2.24, 2.45) is 0 Å². The molecule has 0 atom stereocenters. The molecule has 7 heteroatoms. The molecular formula is C19H26N4O2Si. The summed E-state index contributed by atoms with van der Waals surface area (Å²) in [6.07, 6.45) is 1.51. The highest BCUT2D eigenvalue weighted by molar-refractivity contribution is 6.76. The molecule has 2 rings (SSSR count). The van der Waals surface area contributed by atoms with E-state index >= 15 is 0 Å². The van der Waals surface area contributed by atoms with Gasteiger partial charge < -0.3 is 9.64 Å². The van der Waals surface area contributed by atoms with Crippen LogP contribution < -0.4 is 0 Å². The predicted octanol–water partition coefficient (Wildman–Crippen LogP) is 3.50. The van der Waals surface area contributed by atoms with Crippen LogP contribution in [0, 0.1) is 11.3 Å². The average molecular weight is 371 g/mol. The van der Waals surface area contributed by atoms with Gasteiger partial charge in [0.2, 0.25) is 5.78 Å². The molecule has 0 spiro atoms. The van der Waals surface area contributed by atoms with Crippen LogP contribution in [0.3, 0.4) is 0 Å². The molecular weight excluding hydrogens is 344 g/mol. The highest BCUT2D eigenvalue weighted by Crippen LogP contribution is 2.19. The van der Waals surface area contributed by atoms with Crippen LogP contribution in [0.2, 0.25) is 25.7 Å². The van der Waals surface area contributed by atoms with Crippen molar-refractivity contribution in [2.75, 3.05) is 20.7 Å². The minimum atomic E-state index is -1.18. The van der Waals surface area contributed by atoms with Crippen LogP contribution in [0.4, 0.5) is 0 Å². The molecule has 0 aliphatic heterocycles. The van der Waals surface area contributed by atoms with E-state index in [1.54, 1.807) is 23.6 Å². The molecule has 0 N–H and O–H groups in total. The minimum Gasteiger partial charge on any atom is -0.382 e. The lowest BCUT2D eigenvalue weighted by molar-refractivity contribution is 0.0834. The van der Waals surface area contributed by atoms with E-state index in [0.717, 1.165) is 11.6 Å². The summed E-state index contributed by atoms with van der Waals surface area (Å²) in [6.45, 7) is 7.77. The number of ether oxygens (including phenoxy) is 1. The molecule has 0 saturated carbocycles. The number of carbonyl (C=O) groups is 1. The molecule has 138 valence electrons. The highest BCUT2D eigenvalue weighted by atomic mass is 28.3. The van der Waals surface area contributed by atoms with Crippen molar-refractivity contribution < 1.29 is 9.53 Å². The summed E-state index contributed by atoms with van der Waals surface area (Å²) in [5, 5.41) is 9.35. The molecule has 1 heterocycles. The Labute approximate surface area is 155 Å². The number of benzene rings is 1. The van der Waals surface area contributed by atoms with Crippen LogP contribution >= 0.6 is 0 Å². The van der Waals surface area contributed by atoms with E-state index in [4.69, 9.17) is 4.74 Å².